The highest BCUT2D eigenvalue weighted by atomic mass is 16.5. The summed E-state index contributed by atoms with van der Waals surface area (Å²) in [6.07, 6.45) is 40.3. The Bertz CT molecular complexity index is 580. The average molecular weight is 728 g/mol. The molecule has 0 aromatic rings. The first-order valence-electron chi connectivity index (χ1n) is 22.7. The maximum atomic E-state index is 11.2. The maximum Gasteiger partial charge on any atom is 0.305 e. The quantitative estimate of drug-likeness (QED) is 0.0369. The molecule has 0 spiro atoms. The standard InChI is InChI=1S/C18H36O2.C13H26O2.C10H23N.C5H12/c1-3-5-7-9-11-13-15-18(20-17-19)16-14-12-10-8-6-4-2;1-3-5-7-8-9-11-13(14)15-12-10-6-4-2;1-4-5-6-7-8-9-10-11(2)3;1-3-5-4-2/h17-18H,3-16H2,1-2H3;3-12H2,1-2H3;4-10H2,1-3H3;3-5H2,1-2H3. The number of carbonyl (C=O) groups is 2. The van der Waals surface area contributed by atoms with Crippen LogP contribution in [0.15, 0.2) is 0 Å². The van der Waals surface area contributed by atoms with Crippen LogP contribution in [0.5, 0.6) is 0 Å². The Morgan fingerprint density at radius 1 is 0.471 bits per heavy atom. The second kappa shape index (κ2) is 55.7. The average Bonchev–Trinajstić information content (AvgIpc) is 3.12. The van der Waals surface area contributed by atoms with Gasteiger partial charge in [-0.05, 0) is 65.6 Å². The van der Waals surface area contributed by atoms with Gasteiger partial charge in [0.05, 0.1) is 6.61 Å². The molecule has 0 radical (unpaired) electrons. The molecule has 0 saturated carbocycles. The van der Waals surface area contributed by atoms with Crippen LogP contribution in [0, 0.1) is 0 Å². The number of rotatable bonds is 35. The molecule has 0 fully saturated rings. The van der Waals surface area contributed by atoms with E-state index in [0.29, 0.717) is 19.5 Å². The molecule has 5 nitrogen and oxygen atoms in total. The molecule has 0 unspecified atom stereocenters. The van der Waals surface area contributed by atoms with Gasteiger partial charge in [-0.2, -0.15) is 0 Å². The SMILES string of the molecule is CCCCC.CCCCCCCC(=O)OCCCCC.CCCCCCCCC(CCCCCCCC)OC=O.CCCCCCCCN(C)C. The first kappa shape index (κ1) is 56.6. The molecule has 0 aromatic carbocycles. The fraction of sp³-hybridized carbons (Fsp3) is 0.957. The minimum atomic E-state index is -0.0115. The van der Waals surface area contributed by atoms with Crippen molar-refractivity contribution in [2.24, 2.45) is 0 Å². The van der Waals surface area contributed by atoms with Crippen molar-refractivity contribution in [2.45, 2.75) is 260 Å². The van der Waals surface area contributed by atoms with E-state index in [4.69, 9.17) is 9.47 Å². The summed E-state index contributed by atoms with van der Waals surface area (Å²) in [7, 11) is 4.29. The molecule has 0 bridgehead atoms. The van der Waals surface area contributed by atoms with E-state index in [1.807, 2.05) is 0 Å². The van der Waals surface area contributed by atoms with Gasteiger partial charge < -0.3 is 14.4 Å². The zero-order valence-corrected chi connectivity index (χ0v) is 36.8. The Morgan fingerprint density at radius 3 is 1.20 bits per heavy atom. The van der Waals surface area contributed by atoms with Crippen molar-refractivity contribution < 1.29 is 19.1 Å². The Morgan fingerprint density at radius 2 is 0.824 bits per heavy atom. The van der Waals surface area contributed by atoms with Crippen LogP contribution in [-0.2, 0) is 19.1 Å². The minimum Gasteiger partial charge on any atom is -0.466 e. The van der Waals surface area contributed by atoms with E-state index in [-0.39, 0.29) is 12.1 Å². The van der Waals surface area contributed by atoms with E-state index < -0.39 is 0 Å². The second-order valence-electron chi connectivity index (χ2n) is 15.0. The molecule has 0 aromatic heterocycles. The molecule has 5 heteroatoms. The van der Waals surface area contributed by atoms with Crippen molar-refractivity contribution in [3.05, 3.63) is 0 Å². The lowest BCUT2D eigenvalue weighted by molar-refractivity contribution is -0.144. The fourth-order valence-corrected chi connectivity index (χ4v) is 5.71. The first-order chi connectivity index (χ1) is 24.8. The Hall–Kier alpha value is -1.10. The summed E-state index contributed by atoms with van der Waals surface area (Å²) >= 11 is 0. The predicted octanol–water partition coefficient (Wildman–Crippen LogP) is 15.2. The van der Waals surface area contributed by atoms with Crippen molar-refractivity contribution in [1.29, 1.82) is 0 Å². The van der Waals surface area contributed by atoms with Gasteiger partial charge in [-0.3, -0.25) is 9.59 Å². The highest BCUT2D eigenvalue weighted by molar-refractivity contribution is 5.69. The topological polar surface area (TPSA) is 55.8 Å². The van der Waals surface area contributed by atoms with Crippen LogP contribution < -0.4 is 0 Å². The third kappa shape index (κ3) is 64.3. The molecule has 0 saturated heterocycles. The number of esters is 1. The Balaban J connectivity index is -0.000000315. The molecule has 0 amide bonds. The van der Waals surface area contributed by atoms with Crippen LogP contribution in [0.25, 0.3) is 0 Å². The van der Waals surface area contributed by atoms with E-state index in [1.54, 1.807) is 0 Å². The van der Waals surface area contributed by atoms with Gasteiger partial charge in [-0.25, -0.2) is 0 Å². The number of hydrogen-bond donors (Lipinski definition) is 0. The van der Waals surface area contributed by atoms with Gasteiger partial charge in [-0.15, -0.1) is 0 Å². The molecular formula is C46H97NO4. The number of ether oxygens (including phenoxy) is 2. The molecule has 0 rings (SSSR count). The van der Waals surface area contributed by atoms with Crippen molar-refractivity contribution in [3.8, 4) is 0 Å². The summed E-state index contributed by atoms with van der Waals surface area (Å²) in [6.45, 7) is 18.0. The van der Waals surface area contributed by atoms with E-state index in [2.05, 4.69) is 67.5 Å². The Labute approximate surface area is 322 Å². The number of carbonyl (C=O) groups excluding carboxylic acids is 2. The largest absolute Gasteiger partial charge is 0.466 e. The molecule has 51 heavy (non-hydrogen) atoms. The lowest BCUT2D eigenvalue weighted by Gasteiger charge is -2.15. The van der Waals surface area contributed by atoms with E-state index in [1.165, 1.54) is 167 Å². The molecule has 0 atom stereocenters. The van der Waals surface area contributed by atoms with Crippen LogP contribution in [0.4, 0.5) is 0 Å². The van der Waals surface area contributed by atoms with Gasteiger partial charge >= 0.3 is 5.97 Å². The number of unbranched alkanes of at least 4 members (excludes halogenated alkanes) is 23. The van der Waals surface area contributed by atoms with Crippen LogP contribution in [-0.4, -0.2) is 50.7 Å². The third-order valence-electron chi connectivity index (χ3n) is 9.17. The zero-order chi connectivity index (χ0) is 38.9. The predicted molar refractivity (Wildman–Crippen MR) is 228 cm³/mol. The van der Waals surface area contributed by atoms with Gasteiger partial charge in [0.15, 0.2) is 0 Å². The van der Waals surface area contributed by atoms with Gasteiger partial charge in [0.2, 0.25) is 0 Å². The normalized spacial score (nSPS) is 10.5. The van der Waals surface area contributed by atoms with Crippen molar-refractivity contribution in [1.82, 2.24) is 4.90 Å². The fourth-order valence-electron chi connectivity index (χ4n) is 5.71. The lowest BCUT2D eigenvalue weighted by Crippen LogP contribution is -2.12. The molecule has 0 heterocycles. The van der Waals surface area contributed by atoms with Crippen molar-refractivity contribution >= 4 is 12.4 Å². The summed E-state index contributed by atoms with van der Waals surface area (Å²) < 4.78 is 10.3. The van der Waals surface area contributed by atoms with Crippen molar-refractivity contribution in [2.75, 3.05) is 27.2 Å². The van der Waals surface area contributed by atoms with Gasteiger partial charge in [-0.1, -0.05) is 203 Å². The highest BCUT2D eigenvalue weighted by Crippen LogP contribution is 2.16. The van der Waals surface area contributed by atoms with Crippen LogP contribution in [0.2, 0.25) is 0 Å². The monoisotopic (exact) mass is 728 g/mol. The summed E-state index contributed by atoms with van der Waals surface area (Å²) in [5.74, 6) is -0.0115. The Kier molecular flexibility index (Phi) is 61.8. The molecular weight excluding hydrogens is 631 g/mol. The van der Waals surface area contributed by atoms with E-state index >= 15 is 0 Å². The minimum absolute atomic E-state index is 0.0115. The molecule has 310 valence electrons. The van der Waals surface area contributed by atoms with Gasteiger partial charge in [0.1, 0.15) is 6.10 Å². The number of nitrogens with zero attached hydrogens (tertiary/aromatic N) is 1. The second-order valence-corrected chi connectivity index (χ2v) is 15.0. The van der Waals surface area contributed by atoms with Crippen LogP contribution >= 0.6 is 0 Å². The van der Waals surface area contributed by atoms with Crippen LogP contribution in [0.3, 0.4) is 0 Å². The van der Waals surface area contributed by atoms with Crippen molar-refractivity contribution in [3.63, 3.8) is 0 Å². The maximum absolute atomic E-state index is 11.2. The smallest absolute Gasteiger partial charge is 0.305 e. The lowest BCUT2D eigenvalue weighted by atomic mass is 10.0. The highest BCUT2D eigenvalue weighted by Gasteiger charge is 2.08. The molecule has 0 aliphatic heterocycles. The summed E-state index contributed by atoms with van der Waals surface area (Å²) in [5.41, 5.74) is 0. The van der Waals surface area contributed by atoms with E-state index in [9.17, 15) is 9.59 Å². The molecule has 0 aliphatic carbocycles. The van der Waals surface area contributed by atoms with Gasteiger partial charge in [0, 0.05) is 6.42 Å². The van der Waals surface area contributed by atoms with Crippen LogP contribution in [0.1, 0.15) is 254 Å². The summed E-state index contributed by atoms with van der Waals surface area (Å²) in [6, 6.07) is 0. The van der Waals surface area contributed by atoms with E-state index in [0.717, 1.165) is 38.5 Å². The summed E-state index contributed by atoms with van der Waals surface area (Å²) in [4.78, 5) is 24.0. The molecule has 0 N–H and O–H groups in total. The third-order valence-corrected chi connectivity index (χ3v) is 9.17. The first-order valence-corrected chi connectivity index (χ1v) is 22.7. The zero-order valence-electron chi connectivity index (χ0n) is 36.8. The summed E-state index contributed by atoms with van der Waals surface area (Å²) in [5, 5.41) is 0. The number of hydrogen-bond acceptors (Lipinski definition) is 5. The molecule has 0 aliphatic rings. The van der Waals surface area contributed by atoms with Gasteiger partial charge in [0.25, 0.3) is 6.47 Å².